The zero-order valence-corrected chi connectivity index (χ0v) is 11.9. The average molecular weight is 307 g/mol. The molecule has 0 spiro atoms. The topological polar surface area (TPSA) is 55.8 Å². The maximum Gasteiger partial charge on any atom is 0.695 e. The molecule has 2 aromatic carbocycles. The van der Waals surface area contributed by atoms with Gasteiger partial charge in [0, 0.05) is 4.57 Å². The fraction of sp³-hybridized carbons (Fsp3) is 0.0667. The Hall–Kier alpha value is -2.07. The summed E-state index contributed by atoms with van der Waals surface area (Å²) in [6, 6.07) is 13.3. The first kappa shape index (κ1) is 15.3. The van der Waals surface area contributed by atoms with Gasteiger partial charge in [0.25, 0.3) is 0 Å². The van der Waals surface area contributed by atoms with Crippen molar-refractivity contribution in [2.45, 2.75) is 0 Å². The summed E-state index contributed by atoms with van der Waals surface area (Å²) in [4.78, 5) is 8.48. The summed E-state index contributed by atoms with van der Waals surface area (Å²) in [6.45, 7) is -0.00203. The molecule has 6 heteroatoms. The molecule has 0 radical (unpaired) electrons. The highest BCUT2D eigenvalue weighted by atomic mass is 31.1. The molecule has 1 N–H and O–H groups in total. The molecule has 0 aliphatic carbocycles. The van der Waals surface area contributed by atoms with Gasteiger partial charge in [0.15, 0.2) is 11.6 Å². The largest absolute Gasteiger partial charge is 0.695 e. The van der Waals surface area contributed by atoms with Crippen LogP contribution in [0.4, 0.5) is 4.39 Å². The van der Waals surface area contributed by atoms with Crippen LogP contribution in [0.15, 0.2) is 54.6 Å². The molecule has 0 fully saturated rings. The van der Waals surface area contributed by atoms with Gasteiger partial charge >= 0.3 is 8.25 Å². The van der Waals surface area contributed by atoms with Crippen LogP contribution in [0.25, 0.3) is 6.08 Å². The summed E-state index contributed by atoms with van der Waals surface area (Å²) >= 11 is 0. The van der Waals surface area contributed by atoms with E-state index in [9.17, 15) is 8.96 Å². The van der Waals surface area contributed by atoms with E-state index >= 15 is 0 Å². The molecule has 0 aliphatic rings. The normalized spacial score (nSPS) is 11.6. The van der Waals surface area contributed by atoms with Gasteiger partial charge in [-0.25, -0.2) is 4.39 Å². The number of benzene rings is 2. The molecular weight excluding hydrogens is 294 g/mol. The molecule has 0 bridgehead atoms. The first-order valence-corrected chi connectivity index (χ1v) is 7.26. The van der Waals surface area contributed by atoms with E-state index < -0.39 is 14.1 Å². The summed E-state index contributed by atoms with van der Waals surface area (Å²) < 4.78 is 34.0. The van der Waals surface area contributed by atoms with E-state index in [0.717, 1.165) is 0 Å². The summed E-state index contributed by atoms with van der Waals surface area (Å²) in [6.07, 6.45) is 3.21. The third-order valence-corrected chi connectivity index (χ3v) is 2.89. The summed E-state index contributed by atoms with van der Waals surface area (Å²) in [5.41, 5.74) is 0.694. The third-order valence-electron chi connectivity index (χ3n) is 2.52. The Morgan fingerprint density at radius 1 is 1.19 bits per heavy atom. The van der Waals surface area contributed by atoms with Crippen molar-refractivity contribution in [3.63, 3.8) is 0 Å². The van der Waals surface area contributed by atoms with Crippen molar-refractivity contribution >= 4 is 14.3 Å². The average Bonchev–Trinajstić information content (AvgIpc) is 2.48. The highest BCUT2D eigenvalue weighted by molar-refractivity contribution is 7.32. The molecule has 2 rings (SSSR count). The van der Waals surface area contributed by atoms with Crippen molar-refractivity contribution in [1.82, 2.24) is 0 Å². The van der Waals surface area contributed by atoms with Crippen LogP contribution in [-0.2, 0) is 9.09 Å². The lowest BCUT2D eigenvalue weighted by molar-refractivity contribution is 0.313. The minimum Gasteiger partial charge on any atom is -0.454 e. The van der Waals surface area contributed by atoms with Crippen molar-refractivity contribution in [1.29, 1.82) is 0 Å². The van der Waals surface area contributed by atoms with Gasteiger partial charge in [-0.05, 0) is 29.8 Å². The fourth-order valence-corrected chi connectivity index (χ4v) is 1.82. The van der Waals surface area contributed by atoms with Crippen LogP contribution in [0.2, 0.25) is 0 Å². The Morgan fingerprint density at radius 3 is 2.67 bits per heavy atom. The van der Waals surface area contributed by atoms with Crippen LogP contribution in [0.3, 0.4) is 0 Å². The minimum absolute atomic E-state index is 0.00203. The van der Waals surface area contributed by atoms with E-state index in [-0.39, 0.29) is 12.4 Å². The lowest BCUT2D eigenvalue weighted by atomic mass is 10.2. The van der Waals surface area contributed by atoms with E-state index in [1.54, 1.807) is 42.5 Å². The third kappa shape index (κ3) is 5.08. The molecule has 1 unspecified atom stereocenters. The van der Waals surface area contributed by atoms with Crippen LogP contribution in [0.5, 0.6) is 11.5 Å². The van der Waals surface area contributed by atoms with Gasteiger partial charge in [0.05, 0.1) is 0 Å². The Morgan fingerprint density at radius 2 is 1.95 bits per heavy atom. The number of halogens is 1. The summed E-state index contributed by atoms with van der Waals surface area (Å²) in [5.74, 6) is 0.182. The Balaban J connectivity index is 2.08. The van der Waals surface area contributed by atoms with Gasteiger partial charge in [-0.15, -0.1) is 9.42 Å². The molecule has 0 saturated heterocycles. The number of rotatable bonds is 6. The number of ether oxygens (including phenoxy) is 1. The maximum absolute atomic E-state index is 13.7. The first-order valence-electron chi connectivity index (χ1n) is 6.13. The van der Waals surface area contributed by atoms with E-state index in [2.05, 4.69) is 4.52 Å². The van der Waals surface area contributed by atoms with Gasteiger partial charge in [-0.3, -0.25) is 0 Å². The van der Waals surface area contributed by atoms with Gasteiger partial charge in [-0.1, -0.05) is 36.4 Å². The van der Waals surface area contributed by atoms with Crippen molar-refractivity contribution in [2.75, 3.05) is 6.61 Å². The maximum atomic E-state index is 13.7. The monoisotopic (exact) mass is 307 g/mol. The molecule has 4 nitrogen and oxygen atoms in total. The van der Waals surface area contributed by atoms with Crippen molar-refractivity contribution < 1.29 is 23.1 Å². The van der Waals surface area contributed by atoms with Crippen LogP contribution >= 0.6 is 8.25 Å². The SMILES string of the molecule is O=[P+](O)OCC=Cc1ccc(F)c(Oc2ccccc2)c1. The quantitative estimate of drug-likeness (QED) is 0.809. The molecular formula is C15H13FO4P+. The van der Waals surface area contributed by atoms with Crippen LogP contribution in [0.1, 0.15) is 5.56 Å². The fourth-order valence-electron chi connectivity index (χ4n) is 1.61. The lowest BCUT2D eigenvalue weighted by Crippen LogP contribution is -1.89. The van der Waals surface area contributed by atoms with E-state index in [4.69, 9.17) is 9.63 Å². The second-order valence-corrected chi connectivity index (χ2v) is 4.77. The van der Waals surface area contributed by atoms with Crippen molar-refractivity contribution in [2.24, 2.45) is 0 Å². The molecule has 1 atom stereocenters. The van der Waals surface area contributed by atoms with E-state index in [0.29, 0.717) is 11.3 Å². The van der Waals surface area contributed by atoms with Crippen molar-refractivity contribution in [3.8, 4) is 11.5 Å². The van der Waals surface area contributed by atoms with Gasteiger partial charge in [-0.2, -0.15) is 0 Å². The standard InChI is InChI=1S/C15H12FO4P/c16-14-9-8-12(5-4-10-19-21(17)18)11-15(14)20-13-6-2-1-3-7-13/h1-9,11H,10H2/p+1. The van der Waals surface area contributed by atoms with Crippen LogP contribution < -0.4 is 4.74 Å². The Bertz CT molecular complexity index is 643. The second kappa shape index (κ2) is 7.64. The second-order valence-electron chi connectivity index (χ2n) is 4.04. The molecule has 21 heavy (non-hydrogen) atoms. The predicted molar refractivity (Wildman–Crippen MR) is 77.7 cm³/mol. The zero-order chi connectivity index (χ0) is 15.1. The van der Waals surface area contributed by atoms with Crippen LogP contribution in [0, 0.1) is 5.82 Å². The highest BCUT2D eigenvalue weighted by Crippen LogP contribution is 2.25. The first-order chi connectivity index (χ1) is 10.1. The highest BCUT2D eigenvalue weighted by Gasteiger charge is 2.09. The molecule has 0 aliphatic heterocycles. The number of para-hydroxylation sites is 1. The Kier molecular flexibility index (Phi) is 5.58. The molecule has 0 heterocycles. The predicted octanol–water partition coefficient (Wildman–Crippen LogP) is 4.30. The van der Waals surface area contributed by atoms with Gasteiger partial charge in [0.1, 0.15) is 12.4 Å². The van der Waals surface area contributed by atoms with E-state index in [1.165, 1.54) is 12.1 Å². The number of hydrogen-bond acceptors (Lipinski definition) is 3. The van der Waals surface area contributed by atoms with Gasteiger partial charge in [0.2, 0.25) is 0 Å². The van der Waals surface area contributed by atoms with Crippen LogP contribution in [-0.4, -0.2) is 11.5 Å². The van der Waals surface area contributed by atoms with Crippen molar-refractivity contribution in [3.05, 3.63) is 66.0 Å². The zero-order valence-electron chi connectivity index (χ0n) is 11.0. The van der Waals surface area contributed by atoms with E-state index in [1.807, 2.05) is 6.07 Å². The molecule has 0 amide bonds. The minimum atomic E-state index is -2.61. The van der Waals surface area contributed by atoms with Gasteiger partial charge < -0.3 is 4.74 Å². The smallest absolute Gasteiger partial charge is 0.454 e. The number of hydrogen-bond donors (Lipinski definition) is 1. The molecule has 108 valence electrons. The Labute approximate surface area is 122 Å². The lowest BCUT2D eigenvalue weighted by Gasteiger charge is -2.07. The summed E-state index contributed by atoms with van der Waals surface area (Å²) in [7, 11) is -2.61. The molecule has 2 aromatic rings. The molecule has 0 aromatic heterocycles. The summed E-state index contributed by atoms with van der Waals surface area (Å²) in [5, 5.41) is 0. The molecule has 0 saturated carbocycles.